The number of amides is 1. The molecular formula is C18H21NO3. The van der Waals surface area contributed by atoms with E-state index in [2.05, 4.69) is 12.2 Å². The number of carbonyl (C=O) groups excluding carboxylic acids is 1. The van der Waals surface area contributed by atoms with Gasteiger partial charge in [0, 0.05) is 18.4 Å². The summed E-state index contributed by atoms with van der Waals surface area (Å²) in [6, 6.07) is 14.8. The molecule has 0 heterocycles. The van der Waals surface area contributed by atoms with E-state index in [1.807, 2.05) is 36.4 Å². The minimum Gasteiger partial charge on any atom is -0.494 e. The Hall–Kier alpha value is -2.33. The number of anilines is 1. The first-order chi connectivity index (χ1) is 10.7. The summed E-state index contributed by atoms with van der Waals surface area (Å²) < 4.78 is 10.6. The van der Waals surface area contributed by atoms with Crippen molar-refractivity contribution in [1.29, 1.82) is 0 Å². The third kappa shape index (κ3) is 4.60. The molecule has 0 fully saturated rings. The fourth-order valence-corrected chi connectivity index (χ4v) is 2.03. The van der Waals surface area contributed by atoms with Gasteiger partial charge in [0.05, 0.1) is 13.2 Å². The van der Waals surface area contributed by atoms with Gasteiger partial charge in [-0.15, -0.1) is 0 Å². The van der Waals surface area contributed by atoms with Crippen molar-refractivity contribution in [3.05, 3.63) is 59.7 Å². The molecule has 0 saturated heterocycles. The minimum absolute atomic E-state index is 0.142. The molecule has 2 rings (SSSR count). The number of hydrogen-bond donors (Lipinski definition) is 1. The van der Waals surface area contributed by atoms with E-state index in [0.717, 1.165) is 23.4 Å². The molecule has 1 amide bonds. The van der Waals surface area contributed by atoms with Crippen molar-refractivity contribution in [2.24, 2.45) is 0 Å². The van der Waals surface area contributed by atoms with Gasteiger partial charge in [0.1, 0.15) is 5.75 Å². The lowest BCUT2D eigenvalue weighted by Crippen LogP contribution is -2.12. The average molecular weight is 299 g/mol. The van der Waals surface area contributed by atoms with Crippen LogP contribution < -0.4 is 10.1 Å². The van der Waals surface area contributed by atoms with E-state index in [0.29, 0.717) is 18.8 Å². The molecule has 0 aliphatic heterocycles. The molecule has 0 bridgehead atoms. The summed E-state index contributed by atoms with van der Waals surface area (Å²) in [4.78, 5) is 12.2. The Morgan fingerprint density at radius 1 is 1.14 bits per heavy atom. The van der Waals surface area contributed by atoms with Crippen molar-refractivity contribution >= 4 is 11.6 Å². The van der Waals surface area contributed by atoms with Gasteiger partial charge in [-0.2, -0.15) is 0 Å². The van der Waals surface area contributed by atoms with Crippen molar-refractivity contribution in [1.82, 2.24) is 0 Å². The van der Waals surface area contributed by atoms with Crippen molar-refractivity contribution in [2.75, 3.05) is 19.0 Å². The molecule has 22 heavy (non-hydrogen) atoms. The number of ether oxygens (including phenoxy) is 2. The van der Waals surface area contributed by atoms with Crippen LogP contribution in [0.5, 0.6) is 5.75 Å². The summed E-state index contributed by atoms with van der Waals surface area (Å²) in [5.41, 5.74) is 2.37. The number of hydrogen-bond acceptors (Lipinski definition) is 3. The van der Waals surface area contributed by atoms with Gasteiger partial charge < -0.3 is 14.8 Å². The molecule has 0 aromatic heterocycles. The maximum atomic E-state index is 12.2. The van der Waals surface area contributed by atoms with E-state index in [9.17, 15) is 4.79 Å². The Morgan fingerprint density at radius 3 is 2.59 bits per heavy atom. The molecule has 0 aliphatic carbocycles. The lowest BCUT2D eigenvalue weighted by molar-refractivity contribution is 0.102. The molecule has 0 spiro atoms. The molecule has 116 valence electrons. The van der Waals surface area contributed by atoms with Gasteiger partial charge in [-0.1, -0.05) is 19.1 Å². The van der Waals surface area contributed by atoms with Crippen LogP contribution in [0.2, 0.25) is 0 Å². The third-order valence-corrected chi connectivity index (χ3v) is 3.09. The van der Waals surface area contributed by atoms with E-state index in [-0.39, 0.29) is 5.91 Å². The topological polar surface area (TPSA) is 47.6 Å². The van der Waals surface area contributed by atoms with Gasteiger partial charge in [0.2, 0.25) is 0 Å². The lowest BCUT2D eigenvalue weighted by atomic mass is 10.1. The Labute approximate surface area is 131 Å². The Kier molecular flexibility index (Phi) is 5.98. The molecule has 0 unspecified atom stereocenters. The average Bonchev–Trinajstić information content (AvgIpc) is 2.54. The SMILES string of the molecule is CCCOc1ccc(C(=O)Nc2cccc(COC)c2)cc1. The molecule has 2 aromatic rings. The summed E-state index contributed by atoms with van der Waals surface area (Å²) in [7, 11) is 1.65. The largest absolute Gasteiger partial charge is 0.494 e. The predicted molar refractivity (Wildman–Crippen MR) is 87.3 cm³/mol. The van der Waals surface area contributed by atoms with Crippen LogP contribution in [-0.4, -0.2) is 19.6 Å². The third-order valence-electron chi connectivity index (χ3n) is 3.09. The van der Waals surface area contributed by atoms with E-state index >= 15 is 0 Å². The van der Waals surface area contributed by atoms with Gasteiger partial charge in [-0.25, -0.2) is 0 Å². The van der Waals surface area contributed by atoms with E-state index < -0.39 is 0 Å². The van der Waals surface area contributed by atoms with Crippen LogP contribution in [0, 0.1) is 0 Å². The summed E-state index contributed by atoms with van der Waals surface area (Å²) in [6.07, 6.45) is 0.958. The molecule has 4 nitrogen and oxygen atoms in total. The maximum Gasteiger partial charge on any atom is 0.255 e. The number of methoxy groups -OCH3 is 1. The van der Waals surface area contributed by atoms with Gasteiger partial charge >= 0.3 is 0 Å². The van der Waals surface area contributed by atoms with Crippen LogP contribution in [0.1, 0.15) is 29.3 Å². The molecule has 0 radical (unpaired) electrons. The van der Waals surface area contributed by atoms with Crippen molar-refractivity contribution in [3.63, 3.8) is 0 Å². The smallest absolute Gasteiger partial charge is 0.255 e. The second-order valence-electron chi connectivity index (χ2n) is 4.96. The molecule has 4 heteroatoms. The molecule has 0 aliphatic rings. The molecule has 0 atom stereocenters. The highest BCUT2D eigenvalue weighted by Crippen LogP contribution is 2.16. The van der Waals surface area contributed by atoms with Crippen LogP contribution in [-0.2, 0) is 11.3 Å². The van der Waals surface area contributed by atoms with Crippen LogP contribution in [0.15, 0.2) is 48.5 Å². The normalized spacial score (nSPS) is 10.3. The first-order valence-corrected chi connectivity index (χ1v) is 7.35. The number of carbonyl (C=O) groups is 1. The first-order valence-electron chi connectivity index (χ1n) is 7.35. The van der Waals surface area contributed by atoms with Gasteiger partial charge in [0.15, 0.2) is 0 Å². The monoisotopic (exact) mass is 299 g/mol. The summed E-state index contributed by atoms with van der Waals surface area (Å²) in [6.45, 7) is 3.25. The molecular weight excluding hydrogens is 278 g/mol. The number of rotatable bonds is 7. The van der Waals surface area contributed by atoms with Crippen LogP contribution >= 0.6 is 0 Å². The summed E-state index contributed by atoms with van der Waals surface area (Å²) in [5, 5.41) is 2.88. The summed E-state index contributed by atoms with van der Waals surface area (Å²) >= 11 is 0. The first kappa shape index (κ1) is 16.0. The zero-order chi connectivity index (χ0) is 15.8. The quantitative estimate of drug-likeness (QED) is 0.844. The van der Waals surface area contributed by atoms with Crippen LogP contribution in [0.4, 0.5) is 5.69 Å². The summed E-state index contributed by atoms with van der Waals surface area (Å²) in [5.74, 6) is 0.636. The number of nitrogens with one attached hydrogen (secondary N) is 1. The fraction of sp³-hybridized carbons (Fsp3) is 0.278. The van der Waals surface area contributed by atoms with Crippen LogP contribution in [0.25, 0.3) is 0 Å². The maximum absolute atomic E-state index is 12.2. The highest BCUT2D eigenvalue weighted by molar-refractivity contribution is 6.04. The second-order valence-corrected chi connectivity index (χ2v) is 4.96. The zero-order valence-corrected chi connectivity index (χ0v) is 13.0. The highest BCUT2D eigenvalue weighted by Gasteiger charge is 2.06. The van der Waals surface area contributed by atoms with E-state index in [1.165, 1.54) is 0 Å². The zero-order valence-electron chi connectivity index (χ0n) is 13.0. The van der Waals surface area contributed by atoms with Gasteiger partial charge in [0.25, 0.3) is 5.91 Å². The van der Waals surface area contributed by atoms with Crippen molar-refractivity contribution in [2.45, 2.75) is 20.0 Å². The molecule has 1 N–H and O–H groups in total. The fourth-order valence-electron chi connectivity index (χ4n) is 2.03. The van der Waals surface area contributed by atoms with Crippen molar-refractivity contribution in [3.8, 4) is 5.75 Å². The van der Waals surface area contributed by atoms with E-state index in [1.54, 1.807) is 19.2 Å². The van der Waals surface area contributed by atoms with E-state index in [4.69, 9.17) is 9.47 Å². The highest BCUT2D eigenvalue weighted by atomic mass is 16.5. The second kappa shape index (κ2) is 8.20. The minimum atomic E-state index is -0.142. The predicted octanol–water partition coefficient (Wildman–Crippen LogP) is 3.87. The molecule has 2 aromatic carbocycles. The standard InChI is InChI=1S/C18H21NO3/c1-3-11-22-17-9-7-15(8-10-17)18(20)19-16-6-4-5-14(12-16)13-21-2/h4-10,12H,3,11,13H2,1-2H3,(H,19,20). The van der Waals surface area contributed by atoms with Gasteiger partial charge in [-0.3, -0.25) is 4.79 Å². The van der Waals surface area contributed by atoms with Crippen LogP contribution in [0.3, 0.4) is 0 Å². The molecule has 0 saturated carbocycles. The van der Waals surface area contributed by atoms with Gasteiger partial charge in [-0.05, 0) is 48.4 Å². The number of benzene rings is 2. The Morgan fingerprint density at radius 2 is 1.91 bits per heavy atom. The lowest BCUT2D eigenvalue weighted by Gasteiger charge is -2.08. The van der Waals surface area contributed by atoms with Crippen molar-refractivity contribution < 1.29 is 14.3 Å². The Balaban J connectivity index is 2.00. The Bertz CT molecular complexity index is 608.